The Balaban J connectivity index is 2.02. The molecule has 2 aromatic rings. The van der Waals surface area contributed by atoms with Crippen molar-refractivity contribution < 1.29 is 19.1 Å². The van der Waals surface area contributed by atoms with Crippen LogP contribution >= 0.6 is 0 Å². The number of H-pyrrole nitrogens is 1. The minimum atomic E-state index is -0.650. The average molecular weight is 384 g/mol. The van der Waals surface area contributed by atoms with E-state index in [-0.39, 0.29) is 30.0 Å². The van der Waals surface area contributed by atoms with Gasteiger partial charge in [0.15, 0.2) is 12.4 Å². The molecule has 1 amide bonds. The molecule has 6 heteroatoms. The highest BCUT2D eigenvalue weighted by Gasteiger charge is 2.22. The summed E-state index contributed by atoms with van der Waals surface area (Å²) in [5.74, 6) is -0.746. The lowest BCUT2D eigenvalue weighted by Crippen LogP contribution is -2.33. The van der Waals surface area contributed by atoms with E-state index in [4.69, 9.17) is 4.74 Å². The Hall–Kier alpha value is -2.89. The highest BCUT2D eigenvalue weighted by atomic mass is 16.5. The molecule has 2 N–H and O–H groups in total. The standard InChI is InChI=1S/C22H28N2O4/c1-13(2)11-18(17-9-7-6-8-10-17)24-19(26)12-28-22(27)21-14(3)20(16(5)25)15(4)23-21/h6-10,13,18,23H,11-12H2,1-5H3,(H,24,26)/t18-/m0/s1. The summed E-state index contributed by atoms with van der Waals surface area (Å²) in [6.45, 7) is 8.65. The summed E-state index contributed by atoms with van der Waals surface area (Å²) >= 11 is 0. The quantitative estimate of drug-likeness (QED) is 0.534. The third-order valence-corrected chi connectivity index (χ3v) is 4.57. The van der Waals surface area contributed by atoms with Crippen molar-refractivity contribution >= 4 is 17.7 Å². The number of aryl methyl sites for hydroxylation is 1. The number of aromatic nitrogens is 1. The summed E-state index contributed by atoms with van der Waals surface area (Å²) in [5, 5.41) is 2.94. The summed E-state index contributed by atoms with van der Waals surface area (Å²) < 4.78 is 5.17. The fraction of sp³-hybridized carbons (Fsp3) is 0.409. The van der Waals surface area contributed by atoms with Gasteiger partial charge in [-0.05, 0) is 44.2 Å². The zero-order valence-electron chi connectivity index (χ0n) is 17.1. The number of carbonyl (C=O) groups excluding carboxylic acids is 3. The Kier molecular flexibility index (Phi) is 7.15. The molecular weight excluding hydrogens is 356 g/mol. The second-order valence-corrected chi connectivity index (χ2v) is 7.42. The maximum Gasteiger partial charge on any atom is 0.355 e. The van der Waals surface area contributed by atoms with Crippen LogP contribution in [-0.4, -0.2) is 29.3 Å². The molecule has 2 rings (SSSR count). The van der Waals surface area contributed by atoms with E-state index in [1.165, 1.54) is 6.92 Å². The molecule has 0 spiro atoms. The van der Waals surface area contributed by atoms with Gasteiger partial charge in [-0.2, -0.15) is 0 Å². The van der Waals surface area contributed by atoms with Gasteiger partial charge < -0.3 is 15.0 Å². The van der Waals surface area contributed by atoms with E-state index in [1.54, 1.807) is 13.8 Å². The molecule has 0 radical (unpaired) electrons. The number of hydrogen-bond donors (Lipinski definition) is 2. The number of hydrogen-bond acceptors (Lipinski definition) is 4. The lowest BCUT2D eigenvalue weighted by molar-refractivity contribution is -0.125. The van der Waals surface area contributed by atoms with Crippen LogP contribution in [-0.2, 0) is 9.53 Å². The van der Waals surface area contributed by atoms with Gasteiger partial charge >= 0.3 is 5.97 Å². The molecule has 1 aromatic carbocycles. The molecule has 0 saturated heterocycles. The Morgan fingerprint density at radius 1 is 1.11 bits per heavy atom. The van der Waals surface area contributed by atoms with Crippen LogP contribution in [0, 0.1) is 19.8 Å². The summed E-state index contributed by atoms with van der Waals surface area (Å²) in [6, 6.07) is 9.57. The van der Waals surface area contributed by atoms with Crippen molar-refractivity contribution in [2.24, 2.45) is 5.92 Å². The monoisotopic (exact) mass is 384 g/mol. The van der Waals surface area contributed by atoms with Crippen LogP contribution in [0.4, 0.5) is 0 Å². The molecule has 150 valence electrons. The zero-order chi connectivity index (χ0) is 20.8. The minimum Gasteiger partial charge on any atom is -0.451 e. The van der Waals surface area contributed by atoms with Gasteiger partial charge in [0.05, 0.1) is 6.04 Å². The molecule has 0 aliphatic rings. The van der Waals surface area contributed by atoms with Crippen LogP contribution < -0.4 is 5.32 Å². The minimum absolute atomic E-state index is 0.123. The summed E-state index contributed by atoms with van der Waals surface area (Å²) in [6.07, 6.45) is 0.778. The number of esters is 1. The maximum atomic E-state index is 12.4. The number of ketones is 1. The van der Waals surface area contributed by atoms with Crippen molar-refractivity contribution in [3.8, 4) is 0 Å². The third kappa shape index (κ3) is 5.31. The predicted octanol–water partition coefficient (Wildman–Crippen LogP) is 3.89. The smallest absolute Gasteiger partial charge is 0.355 e. The third-order valence-electron chi connectivity index (χ3n) is 4.57. The van der Waals surface area contributed by atoms with Gasteiger partial charge in [0.1, 0.15) is 5.69 Å². The number of Topliss-reactive ketones (excluding diaryl/α,β-unsaturated/α-hetero) is 1. The van der Waals surface area contributed by atoms with Gasteiger partial charge in [-0.1, -0.05) is 44.2 Å². The van der Waals surface area contributed by atoms with Crippen molar-refractivity contribution in [2.45, 2.75) is 47.1 Å². The van der Waals surface area contributed by atoms with Crippen molar-refractivity contribution in [3.05, 3.63) is 58.4 Å². The van der Waals surface area contributed by atoms with Gasteiger partial charge in [-0.25, -0.2) is 4.79 Å². The molecule has 0 bridgehead atoms. The number of nitrogens with one attached hydrogen (secondary N) is 2. The molecule has 6 nitrogen and oxygen atoms in total. The molecule has 0 unspecified atom stereocenters. The Bertz CT molecular complexity index is 853. The van der Waals surface area contributed by atoms with Crippen molar-refractivity contribution in [3.63, 3.8) is 0 Å². The molecule has 1 atom stereocenters. The Morgan fingerprint density at radius 3 is 2.29 bits per heavy atom. The second-order valence-electron chi connectivity index (χ2n) is 7.42. The molecule has 0 saturated carbocycles. The number of amides is 1. The second kappa shape index (κ2) is 9.35. The van der Waals surface area contributed by atoms with Gasteiger partial charge in [0.25, 0.3) is 5.91 Å². The first-order chi connectivity index (χ1) is 13.2. The number of aromatic amines is 1. The largest absolute Gasteiger partial charge is 0.451 e. The highest BCUT2D eigenvalue weighted by Crippen LogP contribution is 2.21. The van der Waals surface area contributed by atoms with Gasteiger partial charge in [0, 0.05) is 11.3 Å². The molecule has 0 fully saturated rings. The number of benzene rings is 1. The summed E-state index contributed by atoms with van der Waals surface area (Å²) in [5.41, 5.74) is 2.85. The van der Waals surface area contributed by atoms with Crippen molar-refractivity contribution in [1.82, 2.24) is 10.3 Å². The molecule has 28 heavy (non-hydrogen) atoms. The first-order valence-electron chi connectivity index (χ1n) is 9.42. The van der Waals surface area contributed by atoms with E-state index in [0.29, 0.717) is 22.7 Å². The van der Waals surface area contributed by atoms with Crippen LogP contribution in [0.2, 0.25) is 0 Å². The van der Waals surface area contributed by atoms with Crippen LogP contribution in [0.15, 0.2) is 30.3 Å². The normalized spacial score (nSPS) is 11.9. The van der Waals surface area contributed by atoms with Crippen molar-refractivity contribution in [1.29, 1.82) is 0 Å². The number of ether oxygens (including phenoxy) is 1. The highest BCUT2D eigenvalue weighted by molar-refractivity contribution is 6.01. The average Bonchev–Trinajstić information content (AvgIpc) is 2.94. The predicted molar refractivity (Wildman–Crippen MR) is 107 cm³/mol. The van der Waals surface area contributed by atoms with Crippen LogP contribution in [0.25, 0.3) is 0 Å². The van der Waals surface area contributed by atoms with Crippen molar-refractivity contribution in [2.75, 3.05) is 6.61 Å². The number of carbonyl (C=O) groups is 3. The lowest BCUT2D eigenvalue weighted by atomic mass is 9.97. The molecule has 0 aliphatic carbocycles. The van der Waals surface area contributed by atoms with Crippen LogP contribution in [0.1, 0.15) is 70.9 Å². The number of rotatable bonds is 8. The Morgan fingerprint density at radius 2 is 1.75 bits per heavy atom. The van der Waals surface area contributed by atoms with E-state index in [1.807, 2.05) is 30.3 Å². The first kappa shape index (κ1) is 21.4. The maximum absolute atomic E-state index is 12.4. The fourth-order valence-electron chi connectivity index (χ4n) is 3.36. The molecule has 0 aliphatic heterocycles. The van der Waals surface area contributed by atoms with E-state index < -0.39 is 5.97 Å². The van der Waals surface area contributed by atoms with Crippen LogP contribution in [0.5, 0.6) is 0 Å². The van der Waals surface area contributed by atoms with Crippen LogP contribution in [0.3, 0.4) is 0 Å². The van der Waals surface area contributed by atoms with E-state index in [2.05, 4.69) is 24.1 Å². The van der Waals surface area contributed by atoms with E-state index in [0.717, 1.165) is 12.0 Å². The van der Waals surface area contributed by atoms with Gasteiger partial charge in [-0.3, -0.25) is 9.59 Å². The topological polar surface area (TPSA) is 88.3 Å². The fourth-order valence-corrected chi connectivity index (χ4v) is 3.36. The van der Waals surface area contributed by atoms with Gasteiger partial charge in [-0.15, -0.1) is 0 Å². The lowest BCUT2D eigenvalue weighted by Gasteiger charge is -2.21. The molecule has 1 aromatic heterocycles. The van der Waals surface area contributed by atoms with E-state index >= 15 is 0 Å². The van der Waals surface area contributed by atoms with E-state index in [9.17, 15) is 14.4 Å². The summed E-state index contributed by atoms with van der Waals surface area (Å²) in [4.78, 5) is 39.3. The SMILES string of the molecule is CC(=O)c1c(C)[nH]c(C(=O)OCC(=O)N[C@@H](CC(C)C)c2ccccc2)c1C. The first-order valence-corrected chi connectivity index (χ1v) is 9.42. The Labute approximate surface area is 165 Å². The summed E-state index contributed by atoms with van der Waals surface area (Å²) in [7, 11) is 0. The molecular formula is C22H28N2O4. The molecule has 1 heterocycles. The van der Waals surface area contributed by atoms with Gasteiger partial charge in [0.2, 0.25) is 0 Å². The zero-order valence-corrected chi connectivity index (χ0v) is 17.1.